The quantitative estimate of drug-likeness (QED) is 0.834. The molecule has 2 saturated heterocycles. The fourth-order valence-corrected chi connectivity index (χ4v) is 3.96. The van der Waals surface area contributed by atoms with Crippen molar-refractivity contribution in [1.82, 2.24) is 15.1 Å². The van der Waals surface area contributed by atoms with Gasteiger partial charge in [0, 0.05) is 43.3 Å². The van der Waals surface area contributed by atoms with Crippen LogP contribution in [0.15, 0.2) is 18.2 Å². The third-order valence-corrected chi connectivity index (χ3v) is 5.48. The average molecular weight is 408 g/mol. The summed E-state index contributed by atoms with van der Waals surface area (Å²) in [4.78, 5) is 28.8. The fourth-order valence-electron chi connectivity index (χ4n) is 3.71. The molecule has 28 heavy (non-hydrogen) atoms. The van der Waals surface area contributed by atoms with E-state index in [9.17, 15) is 9.59 Å². The second-order valence-electron chi connectivity index (χ2n) is 8.54. The van der Waals surface area contributed by atoms with Gasteiger partial charge in [0.15, 0.2) is 0 Å². The summed E-state index contributed by atoms with van der Waals surface area (Å²) in [6.07, 6.45) is 2.44. The monoisotopic (exact) mass is 407 g/mol. The van der Waals surface area contributed by atoms with Gasteiger partial charge in [-0.1, -0.05) is 17.7 Å². The minimum atomic E-state index is -0.526. The molecule has 1 aromatic rings. The van der Waals surface area contributed by atoms with Crippen molar-refractivity contribution in [1.29, 1.82) is 0 Å². The predicted octanol–water partition coefficient (Wildman–Crippen LogP) is 3.33. The molecule has 7 heteroatoms. The van der Waals surface area contributed by atoms with Crippen LogP contribution in [-0.2, 0) is 11.2 Å². The van der Waals surface area contributed by atoms with E-state index >= 15 is 0 Å². The lowest BCUT2D eigenvalue weighted by Gasteiger charge is -2.37. The lowest BCUT2D eigenvalue weighted by Crippen LogP contribution is -2.55. The molecule has 1 atom stereocenters. The number of hydrogen-bond donors (Lipinski definition) is 1. The zero-order valence-electron chi connectivity index (χ0n) is 17.0. The number of likely N-dealkylation sites (tertiary alicyclic amines) is 1. The molecule has 2 amide bonds. The average Bonchev–Trinajstić information content (AvgIpc) is 3.16. The molecule has 1 aromatic carbocycles. The number of halogens is 1. The maximum atomic E-state index is 12.6. The van der Waals surface area contributed by atoms with Crippen molar-refractivity contribution >= 4 is 23.6 Å². The summed E-state index contributed by atoms with van der Waals surface area (Å²) in [5, 5.41) is 3.90. The zero-order valence-corrected chi connectivity index (χ0v) is 17.7. The van der Waals surface area contributed by atoms with Gasteiger partial charge in [0.1, 0.15) is 5.60 Å². The van der Waals surface area contributed by atoms with Crippen molar-refractivity contribution in [2.45, 2.75) is 51.7 Å². The molecule has 6 nitrogen and oxygen atoms in total. The first-order valence-corrected chi connectivity index (χ1v) is 10.4. The van der Waals surface area contributed by atoms with Gasteiger partial charge in [-0.05, 0) is 57.7 Å². The number of hydrogen-bond acceptors (Lipinski definition) is 4. The summed E-state index contributed by atoms with van der Waals surface area (Å²) in [5.74, 6) is 0.0423. The Kier molecular flexibility index (Phi) is 6.50. The molecule has 154 valence electrons. The maximum Gasteiger partial charge on any atom is 0.410 e. The molecular formula is C21H30ClN3O3. The first kappa shape index (κ1) is 20.9. The van der Waals surface area contributed by atoms with Crippen LogP contribution in [-0.4, -0.2) is 66.2 Å². The SMILES string of the molecule is CC(C)(C)OC(=O)N1CCNCC1Cc1ccc(C(=O)N2CCCC2)cc1Cl. The molecule has 2 aliphatic rings. The van der Waals surface area contributed by atoms with E-state index in [4.69, 9.17) is 16.3 Å². The van der Waals surface area contributed by atoms with Gasteiger partial charge < -0.3 is 19.9 Å². The van der Waals surface area contributed by atoms with Gasteiger partial charge in [-0.25, -0.2) is 4.79 Å². The van der Waals surface area contributed by atoms with Crippen LogP contribution < -0.4 is 5.32 Å². The normalized spacial score (nSPS) is 20.4. The Labute approximate surface area is 172 Å². The highest BCUT2D eigenvalue weighted by Crippen LogP contribution is 2.24. The number of carbonyl (C=O) groups is 2. The van der Waals surface area contributed by atoms with Gasteiger partial charge in [-0.15, -0.1) is 0 Å². The van der Waals surface area contributed by atoms with Gasteiger partial charge >= 0.3 is 6.09 Å². The number of benzene rings is 1. The minimum Gasteiger partial charge on any atom is -0.444 e. The Morgan fingerprint density at radius 2 is 1.93 bits per heavy atom. The van der Waals surface area contributed by atoms with Gasteiger partial charge in [-0.3, -0.25) is 4.79 Å². The van der Waals surface area contributed by atoms with E-state index in [-0.39, 0.29) is 18.0 Å². The van der Waals surface area contributed by atoms with Crippen LogP contribution in [0.25, 0.3) is 0 Å². The van der Waals surface area contributed by atoms with Gasteiger partial charge in [0.2, 0.25) is 0 Å². The predicted molar refractivity (Wildman–Crippen MR) is 110 cm³/mol. The van der Waals surface area contributed by atoms with Crippen LogP contribution in [0.1, 0.15) is 49.5 Å². The van der Waals surface area contributed by atoms with Crippen molar-refractivity contribution in [2.75, 3.05) is 32.7 Å². The summed E-state index contributed by atoms with van der Waals surface area (Å²) in [6, 6.07) is 5.47. The Hall–Kier alpha value is -1.79. The van der Waals surface area contributed by atoms with Crippen LogP contribution in [0.3, 0.4) is 0 Å². The Morgan fingerprint density at radius 3 is 2.57 bits per heavy atom. The van der Waals surface area contributed by atoms with Gasteiger partial charge in [0.05, 0.1) is 6.04 Å². The van der Waals surface area contributed by atoms with E-state index < -0.39 is 5.60 Å². The van der Waals surface area contributed by atoms with E-state index in [1.54, 1.807) is 11.0 Å². The molecule has 2 heterocycles. The van der Waals surface area contributed by atoms with Crippen LogP contribution in [0.5, 0.6) is 0 Å². The van der Waals surface area contributed by atoms with Crippen molar-refractivity contribution in [3.05, 3.63) is 34.3 Å². The standard InChI is InChI=1S/C21H30ClN3O3/c1-21(2,3)28-20(27)25-11-8-23-14-17(25)12-15-6-7-16(13-18(15)22)19(26)24-9-4-5-10-24/h6-7,13,17,23H,4-5,8-12,14H2,1-3H3. The largest absolute Gasteiger partial charge is 0.444 e. The topological polar surface area (TPSA) is 61.9 Å². The number of ether oxygens (including phenoxy) is 1. The van der Waals surface area contributed by atoms with Crippen LogP contribution in [0.2, 0.25) is 5.02 Å². The molecule has 0 aromatic heterocycles. The molecule has 1 unspecified atom stereocenters. The Morgan fingerprint density at radius 1 is 1.21 bits per heavy atom. The molecule has 0 radical (unpaired) electrons. The molecule has 1 N–H and O–H groups in total. The second-order valence-corrected chi connectivity index (χ2v) is 8.95. The van der Waals surface area contributed by atoms with Crippen molar-refractivity contribution in [2.24, 2.45) is 0 Å². The van der Waals surface area contributed by atoms with E-state index in [0.717, 1.165) is 38.0 Å². The maximum absolute atomic E-state index is 12.6. The molecule has 3 rings (SSSR count). The molecule has 2 aliphatic heterocycles. The molecule has 0 saturated carbocycles. The van der Waals surface area contributed by atoms with E-state index in [2.05, 4.69) is 5.32 Å². The molecule has 0 bridgehead atoms. The third kappa shape index (κ3) is 5.17. The molecular weight excluding hydrogens is 378 g/mol. The zero-order chi connectivity index (χ0) is 20.3. The third-order valence-electron chi connectivity index (χ3n) is 5.13. The minimum absolute atomic E-state index is 0.0405. The number of amides is 2. The number of piperazine rings is 1. The summed E-state index contributed by atoms with van der Waals surface area (Å²) < 4.78 is 5.56. The van der Waals surface area contributed by atoms with Crippen molar-refractivity contribution in [3.63, 3.8) is 0 Å². The van der Waals surface area contributed by atoms with Crippen LogP contribution in [0, 0.1) is 0 Å². The summed E-state index contributed by atoms with van der Waals surface area (Å²) in [5.41, 5.74) is 1.03. The Balaban J connectivity index is 1.70. The summed E-state index contributed by atoms with van der Waals surface area (Å²) in [6.45, 7) is 9.27. The first-order valence-electron chi connectivity index (χ1n) is 10.0. The highest BCUT2D eigenvalue weighted by molar-refractivity contribution is 6.31. The van der Waals surface area contributed by atoms with Crippen LogP contribution in [0.4, 0.5) is 4.79 Å². The van der Waals surface area contributed by atoms with E-state index in [0.29, 0.717) is 30.1 Å². The first-order chi connectivity index (χ1) is 13.2. The van der Waals surface area contributed by atoms with Crippen molar-refractivity contribution < 1.29 is 14.3 Å². The smallest absolute Gasteiger partial charge is 0.410 e. The molecule has 2 fully saturated rings. The fraction of sp³-hybridized carbons (Fsp3) is 0.619. The highest BCUT2D eigenvalue weighted by atomic mass is 35.5. The molecule has 0 aliphatic carbocycles. The number of nitrogens with one attached hydrogen (secondary N) is 1. The number of carbonyl (C=O) groups excluding carboxylic acids is 2. The second kappa shape index (κ2) is 8.70. The Bertz CT molecular complexity index is 726. The summed E-state index contributed by atoms with van der Waals surface area (Å²) in [7, 11) is 0. The highest BCUT2D eigenvalue weighted by Gasteiger charge is 2.31. The molecule has 0 spiro atoms. The van der Waals surface area contributed by atoms with E-state index in [1.807, 2.05) is 37.8 Å². The van der Waals surface area contributed by atoms with Crippen molar-refractivity contribution in [3.8, 4) is 0 Å². The van der Waals surface area contributed by atoms with Crippen LogP contribution >= 0.6 is 11.6 Å². The number of nitrogens with zero attached hydrogens (tertiary/aromatic N) is 2. The van der Waals surface area contributed by atoms with Gasteiger partial charge in [0.25, 0.3) is 5.91 Å². The number of rotatable bonds is 3. The lowest BCUT2D eigenvalue weighted by atomic mass is 10.0. The lowest BCUT2D eigenvalue weighted by molar-refractivity contribution is 0.0122. The summed E-state index contributed by atoms with van der Waals surface area (Å²) >= 11 is 6.51. The van der Waals surface area contributed by atoms with E-state index in [1.165, 1.54) is 0 Å². The van der Waals surface area contributed by atoms with Gasteiger partial charge in [-0.2, -0.15) is 0 Å².